The molecule has 2 heterocycles. The summed E-state index contributed by atoms with van der Waals surface area (Å²) in [6, 6.07) is 20.1. The molecule has 0 atom stereocenters. The van der Waals surface area contributed by atoms with E-state index in [1.165, 1.54) is 5.56 Å². The molecule has 3 aromatic rings. The van der Waals surface area contributed by atoms with Gasteiger partial charge in [0.2, 0.25) is 0 Å². The molecule has 2 aromatic carbocycles. The van der Waals surface area contributed by atoms with Gasteiger partial charge < -0.3 is 14.2 Å². The quantitative estimate of drug-likeness (QED) is 0.701. The van der Waals surface area contributed by atoms with Crippen LogP contribution in [0.25, 0.3) is 10.9 Å². The van der Waals surface area contributed by atoms with Crippen LogP contribution in [0.4, 0.5) is 5.69 Å². The minimum Gasteiger partial charge on any atom is -0.373 e. The van der Waals surface area contributed by atoms with Gasteiger partial charge in [-0.3, -0.25) is 4.79 Å². The third-order valence-electron chi connectivity index (χ3n) is 5.47. The molecule has 0 radical (unpaired) electrons. The molecule has 0 bridgehead atoms. The van der Waals surface area contributed by atoms with Crippen molar-refractivity contribution in [1.29, 1.82) is 5.26 Å². The highest BCUT2D eigenvalue weighted by Gasteiger charge is 2.25. The van der Waals surface area contributed by atoms with Gasteiger partial charge in [0, 0.05) is 25.5 Å². The summed E-state index contributed by atoms with van der Waals surface area (Å²) in [4.78, 5) is 14.9. The first-order chi connectivity index (χ1) is 13.7. The van der Waals surface area contributed by atoms with Crippen molar-refractivity contribution in [2.45, 2.75) is 25.6 Å². The molecular weight excluding hydrogens is 350 g/mol. The molecule has 5 heteroatoms. The van der Waals surface area contributed by atoms with Crippen LogP contribution >= 0.6 is 0 Å². The maximum Gasteiger partial charge on any atom is 0.270 e. The van der Waals surface area contributed by atoms with Crippen LogP contribution in [0.3, 0.4) is 0 Å². The predicted molar refractivity (Wildman–Crippen MR) is 110 cm³/mol. The Balaban J connectivity index is 1.55. The van der Waals surface area contributed by atoms with Gasteiger partial charge in [-0.05, 0) is 24.5 Å². The van der Waals surface area contributed by atoms with Gasteiger partial charge in [0.25, 0.3) is 5.56 Å². The van der Waals surface area contributed by atoms with Crippen LogP contribution in [-0.2, 0) is 18.4 Å². The van der Waals surface area contributed by atoms with Gasteiger partial charge >= 0.3 is 0 Å². The van der Waals surface area contributed by atoms with Gasteiger partial charge in [0.15, 0.2) is 0 Å². The standard InChI is InChI=1S/C23H23N3O2/c1-25-21-10-6-5-9-19(21)22(20(15-24)23(25)27)26-13-11-18(12-14-26)28-16-17-7-3-2-4-8-17/h2-10,18H,11-14,16H2,1H3. The molecule has 1 aliphatic heterocycles. The Morgan fingerprint density at radius 2 is 1.75 bits per heavy atom. The highest BCUT2D eigenvalue weighted by molar-refractivity contribution is 5.94. The van der Waals surface area contributed by atoms with Gasteiger partial charge in [-0.2, -0.15) is 5.26 Å². The Morgan fingerprint density at radius 3 is 2.46 bits per heavy atom. The summed E-state index contributed by atoms with van der Waals surface area (Å²) in [5, 5.41) is 10.6. The molecule has 28 heavy (non-hydrogen) atoms. The average Bonchev–Trinajstić information content (AvgIpc) is 2.76. The number of fused-ring (bicyclic) bond motifs is 1. The fraction of sp³-hybridized carbons (Fsp3) is 0.304. The number of ether oxygens (including phenoxy) is 1. The molecule has 1 saturated heterocycles. The molecule has 0 saturated carbocycles. The van der Waals surface area contributed by atoms with Crippen molar-refractivity contribution in [1.82, 2.24) is 4.57 Å². The van der Waals surface area contributed by atoms with Crippen molar-refractivity contribution in [3.8, 4) is 6.07 Å². The van der Waals surface area contributed by atoms with Crippen molar-refractivity contribution < 1.29 is 4.74 Å². The second-order valence-electron chi connectivity index (χ2n) is 7.20. The second-order valence-corrected chi connectivity index (χ2v) is 7.20. The molecule has 0 spiro atoms. The van der Waals surface area contributed by atoms with Crippen molar-refractivity contribution in [3.63, 3.8) is 0 Å². The highest BCUT2D eigenvalue weighted by atomic mass is 16.5. The summed E-state index contributed by atoms with van der Waals surface area (Å²) in [6.07, 6.45) is 1.95. The number of nitriles is 1. The number of rotatable bonds is 4. The minimum absolute atomic E-state index is 0.194. The van der Waals surface area contributed by atoms with Crippen LogP contribution in [0, 0.1) is 11.3 Å². The molecule has 142 valence electrons. The van der Waals surface area contributed by atoms with Crippen LogP contribution in [0.5, 0.6) is 0 Å². The molecule has 5 nitrogen and oxygen atoms in total. The zero-order valence-electron chi connectivity index (χ0n) is 16.0. The smallest absolute Gasteiger partial charge is 0.270 e. The Bertz CT molecular complexity index is 1070. The van der Waals surface area contributed by atoms with Gasteiger partial charge in [0.1, 0.15) is 11.6 Å². The zero-order valence-corrected chi connectivity index (χ0v) is 16.0. The van der Waals surface area contributed by atoms with Crippen molar-refractivity contribution in [2.75, 3.05) is 18.0 Å². The van der Waals surface area contributed by atoms with Crippen LogP contribution in [0.2, 0.25) is 0 Å². The monoisotopic (exact) mass is 373 g/mol. The first-order valence-electron chi connectivity index (χ1n) is 9.61. The summed E-state index contributed by atoms with van der Waals surface area (Å²) in [5.41, 5.74) is 2.78. The Kier molecular flexibility index (Phi) is 5.14. The lowest BCUT2D eigenvalue weighted by Gasteiger charge is -2.34. The number of anilines is 1. The lowest BCUT2D eigenvalue weighted by Crippen LogP contribution is -2.39. The second kappa shape index (κ2) is 7.87. The van der Waals surface area contributed by atoms with Crippen LogP contribution < -0.4 is 10.5 Å². The first kappa shape index (κ1) is 18.3. The first-order valence-corrected chi connectivity index (χ1v) is 9.61. The molecule has 1 aliphatic rings. The van der Waals surface area contributed by atoms with Gasteiger partial charge in [-0.1, -0.05) is 48.5 Å². The van der Waals surface area contributed by atoms with E-state index in [0.717, 1.165) is 42.5 Å². The van der Waals surface area contributed by atoms with Crippen LogP contribution in [-0.4, -0.2) is 23.8 Å². The highest BCUT2D eigenvalue weighted by Crippen LogP contribution is 2.31. The van der Waals surface area contributed by atoms with Crippen molar-refractivity contribution >= 4 is 16.6 Å². The summed E-state index contributed by atoms with van der Waals surface area (Å²) < 4.78 is 7.65. The van der Waals surface area contributed by atoms with Crippen molar-refractivity contribution in [2.24, 2.45) is 7.05 Å². The lowest BCUT2D eigenvalue weighted by atomic mass is 10.0. The number of hydrogen-bond donors (Lipinski definition) is 0. The summed E-state index contributed by atoms with van der Waals surface area (Å²) in [7, 11) is 1.72. The van der Waals surface area contributed by atoms with Gasteiger partial charge in [0.05, 0.1) is 23.9 Å². The number of hydrogen-bond acceptors (Lipinski definition) is 4. The molecule has 1 fully saturated rings. The summed E-state index contributed by atoms with van der Waals surface area (Å²) >= 11 is 0. The Labute approximate surface area is 164 Å². The maximum absolute atomic E-state index is 12.7. The van der Waals surface area contributed by atoms with Gasteiger partial charge in [-0.25, -0.2) is 0 Å². The Hall–Kier alpha value is -3.10. The largest absolute Gasteiger partial charge is 0.373 e. The zero-order chi connectivity index (χ0) is 19.5. The fourth-order valence-corrected chi connectivity index (χ4v) is 3.94. The molecule has 0 amide bonds. The van der Waals surface area contributed by atoms with E-state index in [1.807, 2.05) is 42.5 Å². The topological polar surface area (TPSA) is 58.3 Å². The molecule has 0 aliphatic carbocycles. The third kappa shape index (κ3) is 3.39. The van der Waals surface area contributed by atoms with E-state index in [1.54, 1.807) is 11.6 Å². The van der Waals surface area contributed by atoms with E-state index in [-0.39, 0.29) is 17.2 Å². The van der Waals surface area contributed by atoms with E-state index >= 15 is 0 Å². The summed E-state index contributed by atoms with van der Waals surface area (Å²) in [5.74, 6) is 0. The SMILES string of the molecule is Cn1c(=O)c(C#N)c(N2CCC(OCc3ccccc3)CC2)c2ccccc21. The molecule has 4 rings (SSSR count). The number of pyridine rings is 1. The lowest BCUT2D eigenvalue weighted by molar-refractivity contribution is 0.0251. The molecular formula is C23H23N3O2. The van der Waals surface area contributed by atoms with Crippen LogP contribution in [0.1, 0.15) is 24.0 Å². The number of benzene rings is 2. The van der Waals surface area contributed by atoms with Gasteiger partial charge in [-0.15, -0.1) is 0 Å². The molecule has 0 N–H and O–H groups in total. The fourth-order valence-electron chi connectivity index (χ4n) is 3.94. The number of piperidine rings is 1. The average molecular weight is 373 g/mol. The van der Waals surface area contributed by atoms with E-state index < -0.39 is 0 Å². The third-order valence-corrected chi connectivity index (χ3v) is 5.47. The van der Waals surface area contributed by atoms with E-state index in [9.17, 15) is 10.1 Å². The molecule has 0 unspecified atom stereocenters. The maximum atomic E-state index is 12.7. The molecule has 1 aromatic heterocycles. The van der Waals surface area contributed by atoms with Crippen molar-refractivity contribution in [3.05, 3.63) is 76.1 Å². The van der Waals surface area contributed by atoms with E-state index in [2.05, 4.69) is 23.1 Å². The number of aromatic nitrogens is 1. The predicted octanol–water partition coefficient (Wildman–Crippen LogP) is 3.60. The summed E-state index contributed by atoms with van der Waals surface area (Å²) in [6.45, 7) is 2.15. The van der Waals surface area contributed by atoms with E-state index in [4.69, 9.17) is 4.74 Å². The number of para-hydroxylation sites is 1. The van der Waals surface area contributed by atoms with Crippen LogP contribution in [0.15, 0.2) is 59.4 Å². The Morgan fingerprint density at radius 1 is 1.07 bits per heavy atom. The number of nitrogens with zero attached hydrogens (tertiary/aromatic N) is 3. The normalized spacial score (nSPS) is 14.9. The number of aryl methyl sites for hydroxylation is 1. The minimum atomic E-state index is -0.237. The van der Waals surface area contributed by atoms with E-state index in [0.29, 0.717) is 6.61 Å².